The molecule has 1 aromatic carbocycles. The van der Waals surface area contributed by atoms with Gasteiger partial charge in [-0.15, -0.1) is 10.2 Å². The molecule has 0 radical (unpaired) electrons. The van der Waals surface area contributed by atoms with E-state index in [-0.39, 0.29) is 0 Å². The van der Waals surface area contributed by atoms with E-state index in [1.165, 1.54) is 12.8 Å². The van der Waals surface area contributed by atoms with E-state index in [2.05, 4.69) is 26.9 Å². The SMILES string of the molecule is NC1CCCC(c2nncn2-c2ccccc2)C1. The van der Waals surface area contributed by atoms with Crippen LogP contribution in [0.25, 0.3) is 5.69 Å². The van der Waals surface area contributed by atoms with Crippen LogP contribution in [0.1, 0.15) is 37.4 Å². The van der Waals surface area contributed by atoms with Crippen molar-refractivity contribution in [2.45, 2.75) is 37.6 Å². The minimum atomic E-state index is 0.310. The van der Waals surface area contributed by atoms with Gasteiger partial charge in [0, 0.05) is 17.6 Å². The minimum Gasteiger partial charge on any atom is -0.328 e. The van der Waals surface area contributed by atoms with Crippen LogP contribution in [0.3, 0.4) is 0 Å². The summed E-state index contributed by atoms with van der Waals surface area (Å²) in [5, 5.41) is 8.38. The van der Waals surface area contributed by atoms with Crippen molar-refractivity contribution in [2.75, 3.05) is 0 Å². The average molecular weight is 242 g/mol. The number of rotatable bonds is 2. The molecule has 0 spiro atoms. The third kappa shape index (κ3) is 2.16. The fourth-order valence-corrected chi connectivity index (χ4v) is 2.77. The van der Waals surface area contributed by atoms with Gasteiger partial charge in [-0.1, -0.05) is 24.6 Å². The summed E-state index contributed by atoms with van der Waals surface area (Å²) in [5.74, 6) is 1.49. The quantitative estimate of drug-likeness (QED) is 0.878. The Kier molecular flexibility index (Phi) is 3.11. The first kappa shape index (κ1) is 11.4. The topological polar surface area (TPSA) is 56.7 Å². The molecule has 1 aromatic heterocycles. The van der Waals surface area contributed by atoms with Gasteiger partial charge in [0.1, 0.15) is 12.2 Å². The highest BCUT2D eigenvalue weighted by Gasteiger charge is 2.25. The predicted octanol–water partition coefficient (Wildman–Crippen LogP) is 2.25. The van der Waals surface area contributed by atoms with Gasteiger partial charge in [0.05, 0.1) is 0 Å². The molecule has 2 aromatic rings. The van der Waals surface area contributed by atoms with Crippen molar-refractivity contribution >= 4 is 0 Å². The smallest absolute Gasteiger partial charge is 0.140 e. The van der Waals surface area contributed by atoms with Crippen LogP contribution in [0.5, 0.6) is 0 Å². The standard InChI is InChI=1S/C14H18N4/c15-12-6-4-5-11(9-12)14-17-16-10-18(14)13-7-2-1-3-8-13/h1-3,7-8,10-12H,4-6,9,15H2. The second-order valence-electron chi connectivity index (χ2n) is 5.02. The predicted molar refractivity (Wildman–Crippen MR) is 70.5 cm³/mol. The number of benzene rings is 1. The summed E-state index contributed by atoms with van der Waals surface area (Å²) in [7, 11) is 0. The molecule has 1 aliphatic rings. The van der Waals surface area contributed by atoms with Crippen molar-refractivity contribution in [2.24, 2.45) is 5.73 Å². The third-order valence-electron chi connectivity index (χ3n) is 3.69. The zero-order chi connectivity index (χ0) is 12.4. The summed E-state index contributed by atoms with van der Waals surface area (Å²) in [6.45, 7) is 0. The molecule has 18 heavy (non-hydrogen) atoms. The molecule has 1 saturated carbocycles. The van der Waals surface area contributed by atoms with Gasteiger partial charge in [0.2, 0.25) is 0 Å². The first-order valence-electron chi connectivity index (χ1n) is 6.55. The van der Waals surface area contributed by atoms with E-state index in [1.807, 2.05) is 18.2 Å². The molecule has 0 aliphatic heterocycles. The molecule has 4 heteroatoms. The van der Waals surface area contributed by atoms with Crippen molar-refractivity contribution in [1.29, 1.82) is 0 Å². The molecule has 1 fully saturated rings. The van der Waals surface area contributed by atoms with Crippen molar-refractivity contribution in [1.82, 2.24) is 14.8 Å². The first-order chi connectivity index (χ1) is 8.84. The van der Waals surface area contributed by atoms with E-state index in [4.69, 9.17) is 5.73 Å². The number of hydrogen-bond donors (Lipinski definition) is 1. The van der Waals surface area contributed by atoms with Crippen LogP contribution < -0.4 is 5.73 Å². The largest absolute Gasteiger partial charge is 0.328 e. The fourth-order valence-electron chi connectivity index (χ4n) is 2.77. The summed E-state index contributed by atoms with van der Waals surface area (Å²) in [5.41, 5.74) is 7.18. The highest BCUT2D eigenvalue weighted by molar-refractivity contribution is 5.32. The molecule has 4 nitrogen and oxygen atoms in total. The maximum atomic E-state index is 6.06. The number of hydrogen-bond acceptors (Lipinski definition) is 3. The highest BCUT2D eigenvalue weighted by Crippen LogP contribution is 2.31. The normalized spacial score (nSPS) is 24.1. The molecule has 0 bridgehead atoms. The molecule has 2 N–H and O–H groups in total. The molecule has 2 atom stereocenters. The van der Waals surface area contributed by atoms with E-state index < -0.39 is 0 Å². The highest BCUT2D eigenvalue weighted by atomic mass is 15.3. The van der Waals surface area contributed by atoms with Gasteiger partial charge in [0.15, 0.2) is 0 Å². The Morgan fingerprint density at radius 1 is 1.17 bits per heavy atom. The Bertz CT molecular complexity index is 506. The zero-order valence-corrected chi connectivity index (χ0v) is 10.4. The molecule has 3 rings (SSSR count). The van der Waals surface area contributed by atoms with Gasteiger partial charge in [0.25, 0.3) is 0 Å². The zero-order valence-electron chi connectivity index (χ0n) is 10.4. The van der Waals surface area contributed by atoms with Gasteiger partial charge < -0.3 is 5.73 Å². The lowest BCUT2D eigenvalue weighted by Crippen LogP contribution is -2.28. The van der Waals surface area contributed by atoms with Crippen LogP contribution in [-0.4, -0.2) is 20.8 Å². The molecule has 1 aliphatic carbocycles. The Morgan fingerprint density at radius 2 is 2.00 bits per heavy atom. The van der Waals surface area contributed by atoms with E-state index >= 15 is 0 Å². The number of nitrogens with zero attached hydrogens (tertiary/aromatic N) is 3. The molecule has 0 amide bonds. The Labute approximate surface area is 107 Å². The lowest BCUT2D eigenvalue weighted by atomic mass is 9.85. The van der Waals surface area contributed by atoms with Crippen molar-refractivity contribution < 1.29 is 0 Å². The van der Waals surface area contributed by atoms with E-state index in [9.17, 15) is 0 Å². The van der Waals surface area contributed by atoms with Crippen LogP contribution >= 0.6 is 0 Å². The van der Waals surface area contributed by atoms with Crippen LogP contribution in [0.4, 0.5) is 0 Å². The van der Waals surface area contributed by atoms with Gasteiger partial charge in [-0.25, -0.2) is 0 Å². The monoisotopic (exact) mass is 242 g/mol. The van der Waals surface area contributed by atoms with Crippen molar-refractivity contribution in [3.8, 4) is 5.69 Å². The molecular formula is C14H18N4. The average Bonchev–Trinajstić information content (AvgIpc) is 2.89. The summed E-state index contributed by atoms with van der Waals surface area (Å²) in [6.07, 6.45) is 6.30. The van der Waals surface area contributed by atoms with Gasteiger partial charge in [-0.3, -0.25) is 4.57 Å². The van der Waals surface area contributed by atoms with E-state index in [0.29, 0.717) is 12.0 Å². The van der Waals surface area contributed by atoms with Gasteiger partial charge in [-0.05, 0) is 31.4 Å². The molecule has 2 unspecified atom stereocenters. The van der Waals surface area contributed by atoms with E-state index in [0.717, 1.165) is 24.4 Å². The molecular weight excluding hydrogens is 224 g/mol. The Hall–Kier alpha value is -1.68. The molecule has 0 saturated heterocycles. The minimum absolute atomic E-state index is 0.310. The lowest BCUT2D eigenvalue weighted by Gasteiger charge is -2.26. The van der Waals surface area contributed by atoms with E-state index in [1.54, 1.807) is 6.33 Å². The van der Waals surface area contributed by atoms with Crippen LogP contribution in [0.15, 0.2) is 36.7 Å². The third-order valence-corrected chi connectivity index (χ3v) is 3.69. The Balaban J connectivity index is 1.92. The summed E-state index contributed by atoms with van der Waals surface area (Å²) in [6, 6.07) is 10.6. The summed E-state index contributed by atoms with van der Waals surface area (Å²) < 4.78 is 2.09. The summed E-state index contributed by atoms with van der Waals surface area (Å²) in [4.78, 5) is 0. The second kappa shape index (κ2) is 4.90. The van der Waals surface area contributed by atoms with Crippen LogP contribution in [0, 0.1) is 0 Å². The fraction of sp³-hybridized carbons (Fsp3) is 0.429. The molecule has 94 valence electrons. The maximum Gasteiger partial charge on any atom is 0.140 e. The summed E-state index contributed by atoms with van der Waals surface area (Å²) >= 11 is 0. The lowest BCUT2D eigenvalue weighted by molar-refractivity contribution is 0.379. The second-order valence-corrected chi connectivity index (χ2v) is 5.02. The number of nitrogens with two attached hydrogens (primary N) is 1. The number of aromatic nitrogens is 3. The van der Waals surface area contributed by atoms with Gasteiger partial charge in [-0.2, -0.15) is 0 Å². The maximum absolute atomic E-state index is 6.06. The number of para-hydroxylation sites is 1. The van der Waals surface area contributed by atoms with Gasteiger partial charge >= 0.3 is 0 Å². The van der Waals surface area contributed by atoms with Crippen LogP contribution in [-0.2, 0) is 0 Å². The molecule has 1 heterocycles. The first-order valence-corrected chi connectivity index (χ1v) is 6.55. The van der Waals surface area contributed by atoms with Crippen molar-refractivity contribution in [3.63, 3.8) is 0 Å². The van der Waals surface area contributed by atoms with Crippen LogP contribution in [0.2, 0.25) is 0 Å². The Morgan fingerprint density at radius 3 is 2.78 bits per heavy atom. The van der Waals surface area contributed by atoms with Crippen molar-refractivity contribution in [3.05, 3.63) is 42.5 Å².